The van der Waals surface area contributed by atoms with E-state index in [-0.39, 0.29) is 23.9 Å². The highest BCUT2D eigenvalue weighted by Crippen LogP contribution is 2.29. The van der Waals surface area contributed by atoms with Crippen LogP contribution in [0, 0.1) is 0 Å². The van der Waals surface area contributed by atoms with Gasteiger partial charge in [-0.2, -0.15) is 5.10 Å². The Kier molecular flexibility index (Phi) is 5.26. The average molecular weight is 360 g/mol. The topological polar surface area (TPSA) is 57.5 Å². The van der Waals surface area contributed by atoms with Crippen molar-refractivity contribution in [1.82, 2.24) is 9.91 Å². The Morgan fingerprint density at radius 3 is 2.85 bits per heavy atom. The van der Waals surface area contributed by atoms with Crippen LogP contribution in [0.4, 0.5) is 4.39 Å². The summed E-state index contributed by atoms with van der Waals surface area (Å²) in [6.07, 6.45) is 11.6. The third-order valence-electron chi connectivity index (χ3n) is 5.44. The summed E-state index contributed by atoms with van der Waals surface area (Å²) in [5.41, 5.74) is 0.602. The third kappa shape index (κ3) is 3.64. The molecule has 140 valence electrons. The number of carbonyl (C=O) groups is 1. The molecule has 2 unspecified atom stereocenters. The summed E-state index contributed by atoms with van der Waals surface area (Å²) >= 11 is 0. The summed E-state index contributed by atoms with van der Waals surface area (Å²) in [5, 5.41) is 5.73. The van der Waals surface area contributed by atoms with E-state index in [0.717, 1.165) is 38.8 Å². The summed E-state index contributed by atoms with van der Waals surface area (Å²) in [6.45, 7) is 2.19. The highest BCUT2D eigenvalue weighted by atomic mass is 19.1. The number of halogens is 1. The average Bonchev–Trinajstić information content (AvgIpc) is 3.17. The Morgan fingerprint density at radius 1 is 1.27 bits per heavy atom. The van der Waals surface area contributed by atoms with Gasteiger partial charge in [0, 0.05) is 31.2 Å². The van der Waals surface area contributed by atoms with Crippen LogP contribution in [0.25, 0.3) is 0 Å². The Balaban J connectivity index is 1.58. The van der Waals surface area contributed by atoms with Crippen LogP contribution in [-0.2, 0) is 9.53 Å². The van der Waals surface area contributed by atoms with Gasteiger partial charge in [-0.05, 0) is 37.8 Å². The van der Waals surface area contributed by atoms with Gasteiger partial charge < -0.3 is 4.74 Å². The summed E-state index contributed by atoms with van der Waals surface area (Å²) in [6, 6.07) is -0.198. The monoisotopic (exact) mass is 360 g/mol. The molecule has 0 aromatic carbocycles. The molecule has 7 heteroatoms. The van der Waals surface area contributed by atoms with Crippen LogP contribution in [0.1, 0.15) is 38.5 Å². The van der Waals surface area contributed by atoms with Crippen LogP contribution < -0.4 is 0 Å². The molecule has 0 N–H and O–H groups in total. The lowest BCUT2D eigenvalue weighted by atomic mass is 10.0. The molecule has 0 aromatic heterocycles. The van der Waals surface area contributed by atoms with E-state index in [1.807, 2.05) is 6.21 Å². The number of aliphatic imine (C=N–C) groups is 1. The van der Waals surface area contributed by atoms with Crippen molar-refractivity contribution in [2.24, 2.45) is 10.1 Å². The largest absolute Gasteiger partial charge is 0.363 e. The summed E-state index contributed by atoms with van der Waals surface area (Å²) in [7, 11) is 0. The number of allylic oxidation sites excluding steroid dienone is 4. The molecule has 0 radical (unpaired) electrons. The second kappa shape index (κ2) is 7.80. The molecule has 1 saturated carbocycles. The van der Waals surface area contributed by atoms with Crippen LogP contribution in [0.15, 0.2) is 33.8 Å². The molecule has 2 aliphatic heterocycles. The number of carbonyl (C=O) groups excluding carboxylic acids is 1. The second-order valence-electron chi connectivity index (χ2n) is 7.22. The first kappa shape index (κ1) is 17.5. The van der Waals surface area contributed by atoms with Gasteiger partial charge >= 0.3 is 0 Å². The van der Waals surface area contributed by atoms with E-state index in [1.54, 1.807) is 6.21 Å². The molecule has 2 aliphatic carbocycles. The first-order chi connectivity index (χ1) is 12.7. The van der Waals surface area contributed by atoms with Crippen LogP contribution in [0.3, 0.4) is 0 Å². The lowest BCUT2D eigenvalue weighted by Gasteiger charge is -2.40. The van der Waals surface area contributed by atoms with Crippen molar-refractivity contribution in [2.75, 3.05) is 19.6 Å². The van der Waals surface area contributed by atoms with Gasteiger partial charge in [0.2, 0.25) is 0 Å². The van der Waals surface area contributed by atoms with Crippen LogP contribution in [0.2, 0.25) is 0 Å². The zero-order valence-corrected chi connectivity index (χ0v) is 14.9. The normalized spacial score (nSPS) is 30.7. The Bertz CT molecular complexity index is 666. The number of hydrogen-bond donors (Lipinski definition) is 0. The van der Waals surface area contributed by atoms with Crippen LogP contribution >= 0.6 is 0 Å². The van der Waals surface area contributed by atoms with E-state index >= 15 is 0 Å². The van der Waals surface area contributed by atoms with Crippen molar-refractivity contribution in [3.05, 3.63) is 23.7 Å². The zero-order chi connectivity index (χ0) is 17.9. The number of nitrogens with zero attached hydrogens (tertiary/aromatic N) is 4. The third-order valence-corrected chi connectivity index (χ3v) is 5.44. The second-order valence-corrected chi connectivity index (χ2v) is 7.22. The zero-order valence-electron chi connectivity index (χ0n) is 14.9. The molecular formula is C19H25FN4O2. The number of hydrazone groups is 1. The highest BCUT2D eigenvalue weighted by Gasteiger charge is 2.41. The number of hydrogen-bond acceptors (Lipinski definition) is 5. The fourth-order valence-corrected chi connectivity index (χ4v) is 4.03. The predicted octanol–water partition coefficient (Wildman–Crippen LogP) is 2.43. The molecule has 0 saturated heterocycles. The molecule has 4 rings (SSSR count). The smallest absolute Gasteiger partial charge is 0.278 e. The first-order valence-corrected chi connectivity index (χ1v) is 9.54. The van der Waals surface area contributed by atoms with Gasteiger partial charge in [0.1, 0.15) is 5.83 Å². The van der Waals surface area contributed by atoms with Gasteiger partial charge in [-0.3, -0.25) is 14.7 Å². The summed E-state index contributed by atoms with van der Waals surface area (Å²) in [5.74, 6) is -0.496. The van der Waals surface area contributed by atoms with Crippen molar-refractivity contribution >= 4 is 18.3 Å². The van der Waals surface area contributed by atoms with E-state index in [4.69, 9.17) is 4.74 Å². The molecule has 0 bridgehead atoms. The van der Waals surface area contributed by atoms with Gasteiger partial charge in [-0.15, -0.1) is 0 Å². The van der Waals surface area contributed by atoms with E-state index in [1.165, 1.54) is 17.2 Å². The Labute approximate surface area is 153 Å². The first-order valence-electron chi connectivity index (χ1n) is 9.54. The molecule has 0 aromatic rings. The van der Waals surface area contributed by atoms with Crippen molar-refractivity contribution in [1.29, 1.82) is 0 Å². The van der Waals surface area contributed by atoms with Gasteiger partial charge in [-0.25, -0.2) is 9.40 Å². The van der Waals surface area contributed by atoms with E-state index in [2.05, 4.69) is 15.0 Å². The predicted molar refractivity (Wildman–Crippen MR) is 97.7 cm³/mol. The van der Waals surface area contributed by atoms with Crippen LogP contribution in [0.5, 0.6) is 0 Å². The highest BCUT2D eigenvalue weighted by molar-refractivity contribution is 5.91. The standard InChI is InChI=1S/C19H25FN4O2/c20-14-4-3-5-15(12-14)24-19(25)18(26-16-6-1-2-7-16)17(13-22-24)23-10-8-21-9-11-23/h4,8,12-13,16-18H,1-3,5-7,9-11H2. The Hall–Kier alpha value is -1.86. The van der Waals surface area contributed by atoms with Gasteiger partial charge in [0.15, 0.2) is 6.10 Å². The summed E-state index contributed by atoms with van der Waals surface area (Å²) in [4.78, 5) is 19.7. The number of rotatable bonds is 4. The van der Waals surface area contributed by atoms with E-state index in [9.17, 15) is 9.18 Å². The molecule has 0 spiro atoms. The van der Waals surface area contributed by atoms with Crippen molar-refractivity contribution < 1.29 is 13.9 Å². The van der Waals surface area contributed by atoms with Gasteiger partial charge in [-0.1, -0.05) is 12.8 Å². The van der Waals surface area contributed by atoms with Crippen molar-refractivity contribution in [2.45, 2.75) is 56.8 Å². The minimum atomic E-state index is -0.600. The van der Waals surface area contributed by atoms with Gasteiger partial charge in [0.25, 0.3) is 5.91 Å². The Morgan fingerprint density at radius 2 is 2.12 bits per heavy atom. The molecule has 26 heavy (non-hydrogen) atoms. The molecule has 1 amide bonds. The minimum Gasteiger partial charge on any atom is -0.363 e. The van der Waals surface area contributed by atoms with Crippen molar-refractivity contribution in [3.63, 3.8) is 0 Å². The molecule has 2 heterocycles. The quantitative estimate of drug-likeness (QED) is 0.774. The molecule has 4 aliphatic rings. The fraction of sp³-hybridized carbons (Fsp3) is 0.632. The van der Waals surface area contributed by atoms with Gasteiger partial charge in [0.05, 0.1) is 18.7 Å². The molecular weight excluding hydrogens is 335 g/mol. The maximum atomic E-state index is 13.6. The minimum absolute atomic E-state index is 0.121. The lowest BCUT2D eigenvalue weighted by molar-refractivity contribution is -0.150. The maximum absolute atomic E-state index is 13.6. The lowest BCUT2D eigenvalue weighted by Crippen LogP contribution is -2.58. The summed E-state index contributed by atoms with van der Waals surface area (Å²) < 4.78 is 19.9. The number of ether oxygens (including phenoxy) is 1. The van der Waals surface area contributed by atoms with Crippen molar-refractivity contribution in [3.8, 4) is 0 Å². The number of amides is 1. The van der Waals surface area contributed by atoms with Crippen LogP contribution in [-0.4, -0.2) is 66.1 Å². The molecule has 6 nitrogen and oxygen atoms in total. The SMILES string of the molecule is O=C1C(OC2CCCC2)C(N2CC=NCC2)C=NN1C1=CC(F)=CCC1. The molecule has 2 atom stereocenters. The molecule has 1 fully saturated rings. The van der Waals surface area contributed by atoms with E-state index in [0.29, 0.717) is 25.1 Å². The van der Waals surface area contributed by atoms with E-state index < -0.39 is 6.10 Å². The maximum Gasteiger partial charge on any atom is 0.278 e. The fourth-order valence-electron chi connectivity index (χ4n) is 4.03.